The number of ether oxygens (including phenoxy) is 1. The number of rotatable bonds is 1. The van der Waals surface area contributed by atoms with Crippen LogP contribution in [0.5, 0.6) is 5.75 Å². The molecule has 0 fully saturated rings. The average Bonchev–Trinajstić information content (AvgIpc) is 2.15. The Morgan fingerprint density at radius 1 is 1.67 bits per heavy atom. The first-order valence-corrected chi connectivity index (χ1v) is 3.46. The number of hydrogen-bond acceptors (Lipinski definition) is 3. The number of pyridine rings is 1. The quantitative estimate of drug-likeness (QED) is 0.610. The van der Waals surface area contributed by atoms with Crippen LogP contribution in [0.1, 0.15) is 5.69 Å². The van der Waals surface area contributed by atoms with Crippen LogP contribution in [0.3, 0.4) is 0 Å². The molecule has 12 heavy (non-hydrogen) atoms. The van der Waals surface area contributed by atoms with Gasteiger partial charge in [-0.25, -0.2) is 4.98 Å². The molecule has 0 spiro atoms. The lowest BCUT2D eigenvalue weighted by Gasteiger charge is -1.97. The summed E-state index contributed by atoms with van der Waals surface area (Å²) < 4.78 is 4.96. The highest BCUT2D eigenvalue weighted by Crippen LogP contribution is 2.08. The standard InChI is InChI=1S/C9H9NO2/c1-12-9-4-5-10-8(7-9)3-2-6-11/h4-5,7,11H,6H2,1H3. The number of methoxy groups -OCH3 is 1. The van der Waals surface area contributed by atoms with Crippen molar-refractivity contribution in [1.29, 1.82) is 0 Å². The molecule has 0 aliphatic carbocycles. The Bertz CT molecular complexity index is 312. The third kappa shape index (κ3) is 2.26. The Morgan fingerprint density at radius 2 is 2.50 bits per heavy atom. The number of hydrogen-bond donors (Lipinski definition) is 1. The van der Waals surface area contributed by atoms with Gasteiger partial charge in [0.25, 0.3) is 0 Å². The summed E-state index contributed by atoms with van der Waals surface area (Å²) in [6.45, 7) is -0.154. The highest BCUT2D eigenvalue weighted by molar-refractivity contribution is 5.33. The maximum atomic E-state index is 8.42. The van der Waals surface area contributed by atoms with Gasteiger partial charge in [0.15, 0.2) is 0 Å². The van der Waals surface area contributed by atoms with Crippen LogP contribution in [0.2, 0.25) is 0 Å². The third-order valence-electron chi connectivity index (χ3n) is 1.26. The summed E-state index contributed by atoms with van der Waals surface area (Å²) in [4.78, 5) is 3.96. The molecule has 0 unspecified atom stereocenters. The molecule has 1 heterocycles. The van der Waals surface area contributed by atoms with Crippen LogP contribution >= 0.6 is 0 Å². The van der Waals surface area contributed by atoms with E-state index in [4.69, 9.17) is 9.84 Å². The molecule has 0 atom stereocenters. The molecule has 3 nitrogen and oxygen atoms in total. The predicted octanol–water partition coefficient (Wildman–Crippen LogP) is 0.434. The molecule has 1 rings (SSSR count). The first-order valence-electron chi connectivity index (χ1n) is 3.46. The zero-order chi connectivity index (χ0) is 8.81. The van der Waals surface area contributed by atoms with Crippen molar-refractivity contribution >= 4 is 0 Å². The van der Waals surface area contributed by atoms with Crippen LogP contribution in [0.15, 0.2) is 18.3 Å². The van der Waals surface area contributed by atoms with Crippen molar-refractivity contribution in [3.63, 3.8) is 0 Å². The van der Waals surface area contributed by atoms with Gasteiger partial charge in [0.1, 0.15) is 18.1 Å². The smallest absolute Gasteiger partial charge is 0.123 e. The van der Waals surface area contributed by atoms with Gasteiger partial charge in [-0.05, 0) is 12.0 Å². The predicted molar refractivity (Wildman–Crippen MR) is 44.8 cm³/mol. The second kappa shape index (κ2) is 4.37. The van der Waals surface area contributed by atoms with Crippen LogP contribution in [0, 0.1) is 11.8 Å². The summed E-state index contributed by atoms with van der Waals surface area (Å²) in [7, 11) is 1.58. The number of aliphatic hydroxyl groups is 1. The summed E-state index contributed by atoms with van der Waals surface area (Å²) in [5.41, 5.74) is 0.600. The van der Waals surface area contributed by atoms with E-state index in [1.165, 1.54) is 0 Å². The highest BCUT2D eigenvalue weighted by Gasteiger charge is 1.91. The molecule has 0 aliphatic rings. The SMILES string of the molecule is COc1ccnc(C#CCO)c1. The van der Waals surface area contributed by atoms with Gasteiger partial charge in [-0.2, -0.15) is 0 Å². The van der Waals surface area contributed by atoms with Crippen molar-refractivity contribution in [1.82, 2.24) is 4.98 Å². The minimum atomic E-state index is -0.154. The molecular weight excluding hydrogens is 154 g/mol. The van der Waals surface area contributed by atoms with Crippen LogP contribution in [-0.2, 0) is 0 Å². The third-order valence-corrected chi connectivity index (χ3v) is 1.26. The Balaban J connectivity index is 2.86. The van der Waals surface area contributed by atoms with Gasteiger partial charge >= 0.3 is 0 Å². The second-order valence-corrected chi connectivity index (χ2v) is 2.04. The van der Waals surface area contributed by atoms with Gasteiger partial charge in [-0.3, -0.25) is 0 Å². The Labute approximate surface area is 71.0 Å². The fraction of sp³-hybridized carbons (Fsp3) is 0.222. The number of aliphatic hydroxyl groups excluding tert-OH is 1. The van der Waals surface area contributed by atoms with Gasteiger partial charge in [0, 0.05) is 12.3 Å². The van der Waals surface area contributed by atoms with Crippen LogP contribution in [-0.4, -0.2) is 23.8 Å². The van der Waals surface area contributed by atoms with Crippen molar-refractivity contribution in [2.75, 3.05) is 13.7 Å². The monoisotopic (exact) mass is 163 g/mol. The fourth-order valence-electron chi connectivity index (χ4n) is 0.737. The van der Waals surface area contributed by atoms with E-state index in [2.05, 4.69) is 16.8 Å². The number of aromatic nitrogens is 1. The summed E-state index contributed by atoms with van der Waals surface area (Å²) in [6, 6.07) is 3.45. The Kier molecular flexibility index (Phi) is 3.12. The normalized spacial score (nSPS) is 8.50. The van der Waals surface area contributed by atoms with Crippen molar-refractivity contribution in [2.45, 2.75) is 0 Å². The Hall–Kier alpha value is -1.53. The van der Waals surface area contributed by atoms with E-state index in [1.807, 2.05) is 0 Å². The van der Waals surface area contributed by atoms with Crippen molar-refractivity contribution in [2.24, 2.45) is 0 Å². The maximum Gasteiger partial charge on any atom is 0.123 e. The highest BCUT2D eigenvalue weighted by atomic mass is 16.5. The molecule has 62 valence electrons. The molecule has 0 aliphatic heterocycles. The minimum absolute atomic E-state index is 0.154. The van der Waals surface area contributed by atoms with Crippen molar-refractivity contribution in [3.8, 4) is 17.6 Å². The van der Waals surface area contributed by atoms with Gasteiger partial charge in [-0.1, -0.05) is 5.92 Å². The molecular formula is C9H9NO2. The Morgan fingerprint density at radius 3 is 3.17 bits per heavy atom. The van der Waals surface area contributed by atoms with Crippen molar-refractivity contribution in [3.05, 3.63) is 24.0 Å². The van der Waals surface area contributed by atoms with Gasteiger partial charge in [0.2, 0.25) is 0 Å². The molecule has 1 N–H and O–H groups in total. The van der Waals surface area contributed by atoms with E-state index < -0.39 is 0 Å². The molecule has 0 saturated heterocycles. The van der Waals surface area contributed by atoms with Gasteiger partial charge in [-0.15, -0.1) is 0 Å². The van der Waals surface area contributed by atoms with Crippen molar-refractivity contribution < 1.29 is 9.84 Å². The van der Waals surface area contributed by atoms with Crippen LogP contribution in [0.4, 0.5) is 0 Å². The van der Waals surface area contributed by atoms with E-state index in [-0.39, 0.29) is 6.61 Å². The second-order valence-electron chi connectivity index (χ2n) is 2.04. The van der Waals surface area contributed by atoms with Gasteiger partial charge < -0.3 is 9.84 Å². The first-order chi connectivity index (χ1) is 5.86. The molecule has 3 heteroatoms. The lowest BCUT2D eigenvalue weighted by Crippen LogP contribution is -1.86. The first kappa shape index (κ1) is 8.57. The lowest BCUT2D eigenvalue weighted by molar-refractivity contribution is 0.350. The van der Waals surface area contributed by atoms with E-state index in [0.717, 1.165) is 0 Å². The van der Waals surface area contributed by atoms with E-state index in [9.17, 15) is 0 Å². The van der Waals surface area contributed by atoms with Gasteiger partial charge in [0.05, 0.1) is 7.11 Å². The van der Waals surface area contributed by atoms with Crippen LogP contribution in [0.25, 0.3) is 0 Å². The molecule has 0 bridgehead atoms. The zero-order valence-electron chi connectivity index (χ0n) is 6.74. The maximum absolute atomic E-state index is 8.42. The summed E-state index contributed by atoms with van der Waals surface area (Å²) in [5.74, 6) is 5.90. The fourth-order valence-corrected chi connectivity index (χ4v) is 0.737. The molecule has 1 aromatic heterocycles. The molecule has 0 amide bonds. The zero-order valence-corrected chi connectivity index (χ0v) is 6.74. The molecule has 0 radical (unpaired) electrons. The summed E-state index contributed by atoms with van der Waals surface area (Å²) in [5, 5.41) is 8.42. The van der Waals surface area contributed by atoms with Crippen LogP contribution < -0.4 is 4.74 Å². The topological polar surface area (TPSA) is 42.4 Å². The number of nitrogens with zero attached hydrogens (tertiary/aromatic N) is 1. The lowest BCUT2D eigenvalue weighted by atomic mass is 10.3. The van der Waals surface area contributed by atoms with E-state index in [1.54, 1.807) is 25.4 Å². The molecule has 0 aromatic carbocycles. The van der Waals surface area contributed by atoms with E-state index >= 15 is 0 Å². The largest absolute Gasteiger partial charge is 0.497 e. The molecule has 0 saturated carbocycles. The summed E-state index contributed by atoms with van der Waals surface area (Å²) in [6.07, 6.45) is 1.61. The average molecular weight is 163 g/mol. The minimum Gasteiger partial charge on any atom is -0.497 e. The summed E-state index contributed by atoms with van der Waals surface area (Å²) >= 11 is 0. The van der Waals surface area contributed by atoms with E-state index in [0.29, 0.717) is 11.4 Å². The molecule has 1 aromatic rings.